The first-order valence-electron chi connectivity index (χ1n) is 9.94. The molecule has 3 aromatic carbocycles. The largest absolute Gasteiger partial charge is 0.496 e. The number of ether oxygens (including phenoxy) is 1. The Balaban J connectivity index is 1.47. The molecule has 0 spiro atoms. The lowest BCUT2D eigenvalue weighted by atomic mass is 10.1. The van der Waals surface area contributed by atoms with Crippen LogP contribution in [0.5, 0.6) is 5.75 Å². The summed E-state index contributed by atoms with van der Waals surface area (Å²) < 4.78 is 18.1. The van der Waals surface area contributed by atoms with Crippen LogP contribution in [0.1, 0.15) is 31.1 Å². The van der Waals surface area contributed by atoms with Crippen LogP contribution in [0.4, 0.5) is 10.1 Å². The van der Waals surface area contributed by atoms with Crippen LogP contribution in [-0.4, -0.2) is 37.9 Å². The molecule has 0 fully saturated rings. The fraction of sp³-hybridized carbons (Fsp3) is 0.125. The van der Waals surface area contributed by atoms with E-state index in [-0.39, 0.29) is 30.8 Å². The second-order valence-corrected chi connectivity index (χ2v) is 7.33. The summed E-state index contributed by atoms with van der Waals surface area (Å²) in [7, 11) is 1.46. The lowest BCUT2D eigenvalue weighted by Gasteiger charge is -2.11. The first-order valence-corrected chi connectivity index (χ1v) is 10.3. The first-order chi connectivity index (χ1) is 15.9. The Morgan fingerprint density at radius 1 is 0.818 bits per heavy atom. The van der Waals surface area contributed by atoms with Gasteiger partial charge in [-0.25, -0.2) is 4.39 Å². The van der Waals surface area contributed by atoms with Crippen molar-refractivity contribution in [1.29, 1.82) is 0 Å². The average Bonchev–Trinajstić information content (AvgIpc) is 2.82. The lowest BCUT2D eigenvalue weighted by molar-refractivity contribution is 0.0926. The second kappa shape index (κ2) is 11.1. The van der Waals surface area contributed by atoms with Crippen LogP contribution < -0.4 is 20.7 Å². The number of hydrogen-bond donors (Lipinski definition) is 3. The van der Waals surface area contributed by atoms with Crippen molar-refractivity contribution >= 4 is 35.0 Å². The van der Waals surface area contributed by atoms with E-state index in [1.54, 1.807) is 36.4 Å². The molecule has 9 heteroatoms. The molecule has 0 aromatic heterocycles. The summed E-state index contributed by atoms with van der Waals surface area (Å²) in [6.45, 7) is 0.405. The van der Waals surface area contributed by atoms with Crippen LogP contribution in [-0.2, 0) is 0 Å². The van der Waals surface area contributed by atoms with E-state index in [1.807, 2.05) is 0 Å². The number of carbonyl (C=O) groups excluding carboxylic acids is 3. The molecule has 0 saturated carbocycles. The predicted octanol–water partition coefficient (Wildman–Crippen LogP) is 3.90. The average molecular weight is 470 g/mol. The summed E-state index contributed by atoms with van der Waals surface area (Å²) >= 11 is 5.93. The van der Waals surface area contributed by atoms with E-state index in [2.05, 4.69) is 16.0 Å². The third-order valence-electron chi connectivity index (χ3n) is 4.61. The van der Waals surface area contributed by atoms with Gasteiger partial charge in [-0.1, -0.05) is 11.6 Å². The van der Waals surface area contributed by atoms with Gasteiger partial charge in [-0.15, -0.1) is 0 Å². The summed E-state index contributed by atoms with van der Waals surface area (Å²) in [6, 6.07) is 16.2. The SMILES string of the molecule is COc1ccc(Cl)cc1C(=O)NCCNC(=O)c1ccc(NC(=O)c2ccc(F)cc2)cc1. The predicted molar refractivity (Wildman–Crippen MR) is 123 cm³/mol. The molecule has 0 aliphatic rings. The summed E-state index contributed by atoms with van der Waals surface area (Å²) in [5, 5.41) is 8.48. The first kappa shape index (κ1) is 23.7. The van der Waals surface area contributed by atoms with Gasteiger partial charge in [0.1, 0.15) is 11.6 Å². The van der Waals surface area contributed by atoms with E-state index < -0.39 is 5.82 Å². The zero-order chi connectivity index (χ0) is 23.8. The standard InChI is InChI=1S/C24H21ClFN3O4/c1-33-21-11-6-17(25)14-20(21)24(32)28-13-12-27-22(30)15-4-9-19(10-5-15)29-23(31)16-2-7-18(26)8-3-16/h2-11,14H,12-13H2,1H3,(H,27,30)(H,28,32)(H,29,31). The Hall–Kier alpha value is -3.91. The minimum atomic E-state index is -0.425. The molecule has 0 radical (unpaired) electrons. The Bertz CT molecular complexity index is 1150. The number of hydrogen-bond acceptors (Lipinski definition) is 4. The number of amides is 3. The van der Waals surface area contributed by atoms with Gasteiger partial charge in [0.05, 0.1) is 12.7 Å². The van der Waals surface area contributed by atoms with Crippen molar-refractivity contribution in [2.45, 2.75) is 0 Å². The van der Waals surface area contributed by atoms with Crippen molar-refractivity contribution in [2.24, 2.45) is 0 Å². The van der Waals surface area contributed by atoms with Gasteiger partial charge < -0.3 is 20.7 Å². The molecule has 170 valence electrons. The van der Waals surface area contributed by atoms with Crippen LogP contribution in [0.25, 0.3) is 0 Å². The van der Waals surface area contributed by atoms with Crippen LogP contribution in [0, 0.1) is 5.82 Å². The monoisotopic (exact) mass is 469 g/mol. The highest BCUT2D eigenvalue weighted by atomic mass is 35.5. The zero-order valence-corrected chi connectivity index (χ0v) is 18.4. The van der Waals surface area contributed by atoms with Crippen LogP contribution in [0.15, 0.2) is 66.7 Å². The zero-order valence-electron chi connectivity index (χ0n) is 17.7. The number of anilines is 1. The molecule has 3 N–H and O–H groups in total. The highest BCUT2D eigenvalue weighted by Crippen LogP contribution is 2.22. The highest BCUT2D eigenvalue weighted by Gasteiger charge is 2.13. The second-order valence-electron chi connectivity index (χ2n) is 6.89. The molecule has 0 heterocycles. The van der Waals surface area contributed by atoms with E-state index in [4.69, 9.17) is 16.3 Å². The number of nitrogens with one attached hydrogen (secondary N) is 3. The normalized spacial score (nSPS) is 10.3. The number of halogens is 2. The van der Waals surface area contributed by atoms with Crippen LogP contribution in [0.2, 0.25) is 5.02 Å². The van der Waals surface area contributed by atoms with Gasteiger partial charge in [-0.05, 0) is 66.7 Å². The summed E-state index contributed by atoms with van der Waals surface area (Å²) in [6.07, 6.45) is 0. The summed E-state index contributed by atoms with van der Waals surface area (Å²) in [5.74, 6) is -1.12. The van der Waals surface area contributed by atoms with E-state index in [1.165, 1.54) is 37.4 Å². The fourth-order valence-corrected chi connectivity index (χ4v) is 3.09. The lowest BCUT2D eigenvalue weighted by Crippen LogP contribution is -2.34. The smallest absolute Gasteiger partial charge is 0.255 e. The van der Waals surface area contributed by atoms with Gasteiger partial charge in [0.15, 0.2) is 0 Å². The van der Waals surface area contributed by atoms with E-state index in [0.717, 1.165) is 0 Å². The Labute approximate surface area is 194 Å². The highest BCUT2D eigenvalue weighted by molar-refractivity contribution is 6.31. The van der Waals surface area contributed by atoms with Crippen LogP contribution in [0.3, 0.4) is 0 Å². The third-order valence-corrected chi connectivity index (χ3v) is 4.85. The van der Waals surface area contributed by atoms with Gasteiger partial charge in [0.25, 0.3) is 17.7 Å². The molecule has 3 rings (SSSR count). The maximum absolute atomic E-state index is 13.0. The van der Waals surface area contributed by atoms with Crippen LogP contribution >= 0.6 is 11.6 Å². The third kappa shape index (κ3) is 6.54. The minimum Gasteiger partial charge on any atom is -0.496 e. The van der Waals surface area contributed by atoms with Crippen molar-refractivity contribution in [2.75, 3.05) is 25.5 Å². The van der Waals surface area contributed by atoms with E-state index >= 15 is 0 Å². The quantitative estimate of drug-likeness (QED) is 0.436. The van der Waals surface area contributed by atoms with Gasteiger partial charge >= 0.3 is 0 Å². The Morgan fingerprint density at radius 2 is 1.39 bits per heavy atom. The molecular formula is C24H21ClFN3O4. The molecule has 0 aliphatic heterocycles. The maximum Gasteiger partial charge on any atom is 0.255 e. The molecule has 0 aliphatic carbocycles. The van der Waals surface area contributed by atoms with Gasteiger partial charge in [-0.2, -0.15) is 0 Å². The molecule has 7 nitrogen and oxygen atoms in total. The molecular weight excluding hydrogens is 449 g/mol. The number of methoxy groups -OCH3 is 1. The number of carbonyl (C=O) groups is 3. The van der Waals surface area contributed by atoms with E-state index in [9.17, 15) is 18.8 Å². The number of rotatable bonds is 8. The molecule has 3 amide bonds. The van der Waals surface area contributed by atoms with Crippen molar-refractivity contribution < 1.29 is 23.5 Å². The minimum absolute atomic E-state index is 0.200. The Morgan fingerprint density at radius 3 is 2.03 bits per heavy atom. The van der Waals surface area contributed by atoms with Gasteiger partial charge in [0.2, 0.25) is 0 Å². The van der Waals surface area contributed by atoms with Gasteiger partial charge in [0, 0.05) is 34.9 Å². The van der Waals surface area contributed by atoms with Crippen molar-refractivity contribution in [1.82, 2.24) is 10.6 Å². The van der Waals surface area contributed by atoms with Crippen molar-refractivity contribution in [3.63, 3.8) is 0 Å². The molecule has 3 aromatic rings. The molecule has 33 heavy (non-hydrogen) atoms. The Kier molecular flexibility index (Phi) is 7.99. The van der Waals surface area contributed by atoms with Crippen molar-refractivity contribution in [3.8, 4) is 5.75 Å². The molecule has 0 bridgehead atoms. The summed E-state index contributed by atoms with van der Waals surface area (Å²) in [5.41, 5.74) is 1.49. The molecule has 0 unspecified atom stereocenters. The number of benzene rings is 3. The van der Waals surface area contributed by atoms with E-state index in [0.29, 0.717) is 33.1 Å². The fourth-order valence-electron chi connectivity index (χ4n) is 2.92. The maximum atomic E-state index is 13.0. The molecule has 0 atom stereocenters. The summed E-state index contributed by atoms with van der Waals surface area (Å²) in [4.78, 5) is 36.8. The van der Waals surface area contributed by atoms with Gasteiger partial charge in [-0.3, -0.25) is 14.4 Å². The topological polar surface area (TPSA) is 96.5 Å². The molecule has 0 saturated heterocycles. The van der Waals surface area contributed by atoms with Crippen molar-refractivity contribution in [3.05, 3.63) is 94.3 Å².